The average Bonchev–Trinajstić information content (AvgIpc) is 2.27. The number of amides is 1. The summed E-state index contributed by atoms with van der Waals surface area (Å²) in [5, 5.41) is 18.2. The third-order valence-electron chi connectivity index (χ3n) is 2.83. The van der Waals surface area contributed by atoms with Gasteiger partial charge >= 0.3 is 6.09 Å². The highest BCUT2D eigenvalue weighted by molar-refractivity contribution is 5.66. The van der Waals surface area contributed by atoms with E-state index in [9.17, 15) is 9.90 Å². The summed E-state index contributed by atoms with van der Waals surface area (Å²) in [6.07, 6.45) is -0.248. The van der Waals surface area contributed by atoms with Crippen LogP contribution in [0.1, 0.15) is 17.2 Å². The van der Waals surface area contributed by atoms with Gasteiger partial charge in [0, 0.05) is 6.54 Å². The number of hydrogen-bond donors (Lipinski definition) is 2. The molecule has 0 aromatic heterocycles. The molecule has 1 aromatic carbocycles. The van der Waals surface area contributed by atoms with Crippen LogP contribution in [0.2, 0.25) is 0 Å². The van der Waals surface area contributed by atoms with Crippen LogP contribution in [-0.2, 0) is 6.42 Å². The number of rotatable bonds is 1. The van der Waals surface area contributed by atoms with Crippen LogP contribution < -0.4 is 0 Å². The number of carboxylic acid groups (broad SMARTS) is 1. The number of carbonyl (C=O) groups is 1. The van der Waals surface area contributed by atoms with E-state index in [1.165, 1.54) is 4.90 Å². The molecular weight excluding hydrogens is 194 g/mol. The van der Waals surface area contributed by atoms with Crippen LogP contribution in [0.15, 0.2) is 24.3 Å². The zero-order valence-corrected chi connectivity index (χ0v) is 8.26. The van der Waals surface area contributed by atoms with Gasteiger partial charge in [-0.2, -0.15) is 0 Å². The number of aliphatic hydroxyl groups excluding tert-OH is 1. The Bertz CT molecular complexity index is 378. The Hall–Kier alpha value is -1.55. The van der Waals surface area contributed by atoms with Gasteiger partial charge in [0.15, 0.2) is 0 Å². The van der Waals surface area contributed by atoms with Gasteiger partial charge in [0.25, 0.3) is 0 Å². The van der Waals surface area contributed by atoms with Crippen molar-refractivity contribution >= 4 is 6.09 Å². The van der Waals surface area contributed by atoms with Crippen LogP contribution in [0.4, 0.5) is 4.79 Å². The fourth-order valence-corrected chi connectivity index (χ4v) is 2.08. The maximum atomic E-state index is 10.9. The second kappa shape index (κ2) is 3.90. The maximum Gasteiger partial charge on any atom is 0.407 e. The molecule has 0 spiro atoms. The molecule has 0 aliphatic carbocycles. The molecule has 0 saturated heterocycles. The minimum absolute atomic E-state index is 0.163. The number of hydrogen-bond acceptors (Lipinski definition) is 2. The summed E-state index contributed by atoms with van der Waals surface area (Å²) in [6.45, 7) is 0.293. The summed E-state index contributed by atoms with van der Waals surface area (Å²) in [4.78, 5) is 12.2. The highest BCUT2D eigenvalue weighted by atomic mass is 16.4. The normalized spacial score (nSPS) is 19.8. The zero-order valence-electron chi connectivity index (χ0n) is 8.26. The molecule has 0 fully saturated rings. The largest absolute Gasteiger partial charge is 0.465 e. The number of benzene rings is 1. The second-order valence-corrected chi connectivity index (χ2v) is 3.62. The van der Waals surface area contributed by atoms with E-state index in [-0.39, 0.29) is 6.61 Å². The maximum absolute atomic E-state index is 10.9. The summed E-state index contributed by atoms with van der Waals surface area (Å²) < 4.78 is 0. The van der Waals surface area contributed by atoms with Crippen molar-refractivity contribution in [2.24, 2.45) is 0 Å². The predicted octanol–water partition coefficient (Wildman–Crippen LogP) is 1.26. The van der Waals surface area contributed by atoms with Crippen LogP contribution in [0, 0.1) is 0 Å². The Morgan fingerprint density at radius 1 is 1.47 bits per heavy atom. The first-order valence-corrected chi connectivity index (χ1v) is 4.92. The Labute approximate surface area is 87.8 Å². The topological polar surface area (TPSA) is 60.8 Å². The van der Waals surface area contributed by atoms with Gasteiger partial charge in [-0.15, -0.1) is 0 Å². The van der Waals surface area contributed by atoms with Gasteiger partial charge < -0.3 is 10.2 Å². The fourth-order valence-electron chi connectivity index (χ4n) is 2.08. The van der Waals surface area contributed by atoms with Crippen molar-refractivity contribution in [3.8, 4) is 0 Å². The summed E-state index contributed by atoms with van der Waals surface area (Å²) in [5.74, 6) is 0. The lowest BCUT2D eigenvalue weighted by molar-refractivity contribution is 0.0925. The standard InChI is InChI=1S/C11H13NO3/c13-7-10-9-4-2-1-3-8(9)5-6-12(10)11(14)15/h1-4,10,13H,5-7H2,(H,14,15). The number of aliphatic hydroxyl groups is 1. The quantitative estimate of drug-likeness (QED) is 0.728. The molecule has 0 bridgehead atoms. The molecule has 1 aliphatic heterocycles. The van der Waals surface area contributed by atoms with E-state index in [1.54, 1.807) is 0 Å². The molecule has 1 amide bonds. The van der Waals surface area contributed by atoms with Gasteiger partial charge in [0.05, 0.1) is 12.6 Å². The van der Waals surface area contributed by atoms with E-state index >= 15 is 0 Å². The molecule has 2 N–H and O–H groups in total. The van der Waals surface area contributed by atoms with Crippen molar-refractivity contribution in [1.82, 2.24) is 4.90 Å². The predicted molar refractivity (Wildman–Crippen MR) is 54.7 cm³/mol. The minimum Gasteiger partial charge on any atom is -0.465 e. The molecule has 1 heterocycles. The summed E-state index contributed by atoms with van der Waals surface area (Å²) in [6, 6.07) is 7.26. The molecule has 4 heteroatoms. The molecule has 2 rings (SSSR count). The summed E-state index contributed by atoms with van der Waals surface area (Å²) in [7, 11) is 0. The third-order valence-corrected chi connectivity index (χ3v) is 2.83. The molecule has 1 unspecified atom stereocenters. The first kappa shape index (κ1) is 9.98. The van der Waals surface area contributed by atoms with E-state index in [4.69, 9.17) is 5.11 Å². The van der Waals surface area contributed by atoms with Gasteiger partial charge in [-0.05, 0) is 17.5 Å². The van der Waals surface area contributed by atoms with Crippen molar-refractivity contribution < 1.29 is 15.0 Å². The van der Waals surface area contributed by atoms with Gasteiger partial charge in [0.2, 0.25) is 0 Å². The smallest absolute Gasteiger partial charge is 0.407 e. The van der Waals surface area contributed by atoms with Crippen LogP contribution in [0.25, 0.3) is 0 Å². The molecule has 15 heavy (non-hydrogen) atoms. The first-order valence-electron chi connectivity index (χ1n) is 4.92. The lowest BCUT2D eigenvalue weighted by Gasteiger charge is -2.34. The van der Waals surface area contributed by atoms with Crippen molar-refractivity contribution in [3.05, 3.63) is 35.4 Å². The molecular formula is C11H13NO3. The van der Waals surface area contributed by atoms with Crippen molar-refractivity contribution in [3.63, 3.8) is 0 Å². The minimum atomic E-state index is -0.969. The SMILES string of the molecule is O=C(O)N1CCc2ccccc2C1CO. The molecule has 0 radical (unpaired) electrons. The zero-order chi connectivity index (χ0) is 10.8. The monoisotopic (exact) mass is 207 g/mol. The van der Waals surface area contributed by atoms with Gasteiger partial charge in [-0.3, -0.25) is 4.90 Å². The van der Waals surface area contributed by atoms with Crippen LogP contribution in [0.3, 0.4) is 0 Å². The van der Waals surface area contributed by atoms with E-state index in [0.717, 1.165) is 17.5 Å². The van der Waals surface area contributed by atoms with Gasteiger partial charge in [-0.25, -0.2) is 4.79 Å². The Balaban J connectivity index is 2.38. The van der Waals surface area contributed by atoms with Crippen LogP contribution in [0.5, 0.6) is 0 Å². The summed E-state index contributed by atoms with van der Waals surface area (Å²) >= 11 is 0. The molecule has 1 aromatic rings. The summed E-state index contributed by atoms with van der Waals surface area (Å²) in [5.41, 5.74) is 2.06. The fraction of sp³-hybridized carbons (Fsp3) is 0.364. The van der Waals surface area contributed by atoms with E-state index < -0.39 is 12.1 Å². The highest BCUT2D eigenvalue weighted by Gasteiger charge is 2.29. The second-order valence-electron chi connectivity index (χ2n) is 3.62. The average molecular weight is 207 g/mol. The van der Waals surface area contributed by atoms with Gasteiger partial charge in [-0.1, -0.05) is 24.3 Å². The van der Waals surface area contributed by atoms with Crippen LogP contribution >= 0.6 is 0 Å². The van der Waals surface area contributed by atoms with E-state index in [1.807, 2.05) is 24.3 Å². The van der Waals surface area contributed by atoms with Gasteiger partial charge in [0.1, 0.15) is 0 Å². The molecule has 0 saturated carbocycles. The van der Waals surface area contributed by atoms with Crippen molar-refractivity contribution in [2.45, 2.75) is 12.5 Å². The molecule has 4 nitrogen and oxygen atoms in total. The number of fused-ring (bicyclic) bond motifs is 1. The highest BCUT2D eigenvalue weighted by Crippen LogP contribution is 2.28. The van der Waals surface area contributed by atoms with Crippen LogP contribution in [-0.4, -0.2) is 34.4 Å². The van der Waals surface area contributed by atoms with Crippen molar-refractivity contribution in [1.29, 1.82) is 0 Å². The Morgan fingerprint density at radius 3 is 2.87 bits per heavy atom. The Kier molecular flexibility index (Phi) is 2.60. The molecule has 1 atom stereocenters. The van der Waals surface area contributed by atoms with E-state index in [2.05, 4.69) is 0 Å². The first-order chi connectivity index (χ1) is 7.24. The molecule has 1 aliphatic rings. The third kappa shape index (κ3) is 1.68. The molecule has 80 valence electrons. The van der Waals surface area contributed by atoms with E-state index in [0.29, 0.717) is 6.54 Å². The lowest BCUT2D eigenvalue weighted by atomic mass is 9.93. The van der Waals surface area contributed by atoms with Crippen molar-refractivity contribution in [2.75, 3.05) is 13.2 Å². The lowest BCUT2D eigenvalue weighted by Crippen LogP contribution is -2.40. The number of nitrogens with zero attached hydrogens (tertiary/aromatic N) is 1. The Morgan fingerprint density at radius 2 is 2.20 bits per heavy atom.